The van der Waals surface area contributed by atoms with Crippen LogP contribution in [-0.2, 0) is 9.53 Å². The Morgan fingerprint density at radius 3 is 2.75 bits per heavy atom. The highest BCUT2D eigenvalue weighted by Crippen LogP contribution is 2.15. The van der Waals surface area contributed by atoms with Gasteiger partial charge in [-0.05, 0) is 32.4 Å². The van der Waals surface area contributed by atoms with Crippen molar-refractivity contribution in [3.63, 3.8) is 0 Å². The molecule has 0 unspecified atom stereocenters. The first kappa shape index (κ1) is 16.4. The predicted octanol–water partition coefficient (Wildman–Crippen LogP) is 2.53. The highest BCUT2D eigenvalue weighted by Gasteiger charge is 2.04. The lowest BCUT2D eigenvalue weighted by molar-refractivity contribution is -0.121. The molecule has 0 atom stereocenters. The maximum Gasteiger partial charge on any atom is 0.223 e. The number of ether oxygens (including phenoxy) is 2. The second kappa shape index (κ2) is 9.31. The van der Waals surface area contributed by atoms with Crippen LogP contribution in [0.15, 0.2) is 24.3 Å². The van der Waals surface area contributed by atoms with E-state index in [4.69, 9.17) is 9.47 Å². The molecule has 0 heterocycles. The molecule has 0 aliphatic rings. The van der Waals surface area contributed by atoms with E-state index in [0.717, 1.165) is 6.42 Å². The highest BCUT2D eigenvalue weighted by molar-refractivity contribution is 5.75. The molecule has 0 fully saturated rings. The summed E-state index contributed by atoms with van der Waals surface area (Å²) < 4.78 is 23.8. The zero-order valence-electron chi connectivity index (χ0n) is 12.0. The van der Waals surface area contributed by atoms with Gasteiger partial charge in [-0.2, -0.15) is 0 Å². The van der Waals surface area contributed by atoms with Crippen LogP contribution in [0.2, 0.25) is 0 Å². The molecule has 20 heavy (non-hydrogen) atoms. The topological polar surface area (TPSA) is 47.6 Å². The van der Waals surface area contributed by atoms with Gasteiger partial charge < -0.3 is 14.8 Å². The quantitative estimate of drug-likeness (QED) is 0.708. The average Bonchev–Trinajstić information content (AvgIpc) is 2.40. The van der Waals surface area contributed by atoms with Crippen molar-refractivity contribution in [2.75, 3.05) is 19.8 Å². The van der Waals surface area contributed by atoms with Crippen molar-refractivity contribution >= 4 is 5.91 Å². The molecular weight excluding hydrogens is 261 g/mol. The fourth-order valence-corrected chi connectivity index (χ4v) is 1.52. The smallest absolute Gasteiger partial charge is 0.223 e. The fourth-order valence-electron chi connectivity index (χ4n) is 1.52. The van der Waals surface area contributed by atoms with Crippen molar-refractivity contribution in [2.45, 2.75) is 32.8 Å². The molecule has 0 bridgehead atoms. The summed E-state index contributed by atoms with van der Waals surface area (Å²) in [5, 5.41) is 2.76. The lowest BCUT2D eigenvalue weighted by Crippen LogP contribution is -2.26. The second-order valence-electron chi connectivity index (χ2n) is 4.65. The van der Waals surface area contributed by atoms with Gasteiger partial charge in [0, 0.05) is 13.2 Å². The van der Waals surface area contributed by atoms with Crippen LogP contribution in [0.5, 0.6) is 5.75 Å². The number of para-hydroxylation sites is 1. The van der Waals surface area contributed by atoms with Gasteiger partial charge in [0.2, 0.25) is 5.91 Å². The Hall–Kier alpha value is -1.62. The standard InChI is InChI=1S/C15H22FNO3/c1-12(2)19-10-5-9-17-15(18)8-11-20-14-7-4-3-6-13(14)16/h3-4,6-7,12H,5,8-11H2,1-2H3,(H,17,18). The Morgan fingerprint density at radius 1 is 1.30 bits per heavy atom. The normalized spacial score (nSPS) is 10.6. The lowest BCUT2D eigenvalue weighted by Gasteiger charge is -2.09. The van der Waals surface area contributed by atoms with Gasteiger partial charge in [-0.1, -0.05) is 12.1 Å². The summed E-state index contributed by atoms with van der Waals surface area (Å²) in [7, 11) is 0. The third-order valence-corrected chi connectivity index (χ3v) is 2.52. The molecule has 112 valence electrons. The van der Waals surface area contributed by atoms with Gasteiger partial charge in [0.25, 0.3) is 0 Å². The van der Waals surface area contributed by atoms with Crippen LogP contribution in [0.25, 0.3) is 0 Å². The number of benzene rings is 1. The molecule has 1 N–H and O–H groups in total. The molecule has 0 radical (unpaired) electrons. The van der Waals surface area contributed by atoms with Gasteiger partial charge in [-0.3, -0.25) is 4.79 Å². The maximum atomic E-state index is 13.2. The minimum atomic E-state index is -0.418. The number of nitrogens with one attached hydrogen (secondary N) is 1. The monoisotopic (exact) mass is 283 g/mol. The number of amides is 1. The molecule has 1 amide bonds. The summed E-state index contributed by atoms with van der Waals surface area (Å²) in [6.45, 7) is 5.31. The molecule has 4 nitrogen and oxygen atoms in total. The number of hydrogen-bond acceptors (Lipinski definition) is 3. The molecule has 1 rings (SSSR count). The Labute approximate surface area is 119 Å². The van der Waals surface area contributed by atoms with Gasteiger partial charge in [-0.25, -0.2) is 4.39 Å². The summed E-state index contributed by atoms with van der Waals surface area (Å²) >= 11 is 0. The first-order chi connectivity index (χ1) is 9.59. The number of hydrogen-bond donors (Lipinski definition) is 1. The third-order valence-electron chi connectivity index (χ3n) is 2.52. The van der Waals surface area contributed by atoms with Crippen molar-refractivity contribution in [1.29, 1.82) is 0 Å². The highest BCUT2D eigenvalue weighted by atomic mass is 19.1. The van der Waals surface area contributed by atoms with Crippen molar-refractivity contribution in [2.24, 2.45) is 0 Å². The van der Waals surface area contributed by atoms with Crippen LogP contribution in [0.1, 0.15) is 26.7 Å². The predicted molar refractivity (Wildman–Crippen MR) is 75.2 cm³/mol. The summed E-state index contributed by atoms with van der Waals surface area (Å²) in [4.78, 5) is 11.5. The zero-order chi connectivity index (χ0) is 14.8. The van der Waals surface area contributed by atoms with E-state index < -0.39 is 5.82 Å². The van der Waals surface area contributed by atoms with Gasteiger partial charge >= 0.3 is 0 Å². The molecule has 0 aromatic heterocycles. The lowest BCUT2D eigenvalue weighted by atomic mass is 10.3. The number of carbonyl (C=O) groups excluding carboxylic acids is 1. The molecule has 0 aliphatic heterocycles. The molecule has 0 aliphatic carbocycles. The van der Waals surface area contributed by atoms with Gasteiger partial charge in [-0.15, -0.1) is 0 Å². The van der Waals surface area contributed by atoms with E-state index >= 15 is 0 Å². The van der Waals surface area contributed by atoms with Crippen LogP contribution in [0.4, 0.5) is 4.39 Å². The van der Waals surface area contributed by atoms with Crippen LogP contribution in [-0.4, -0.2) is 31.8 Å². The summed E-state index contributed by atoms with van der Waals surface area (Å²) in [6, 6.07) is 6.14. The minimum absolute atomic E-state index is 0.106. The molecule has 1 aromatic rings. The SMILES string of the molecule is CC(C)OCCCNC(=O)CCOc1ccccc1F. The van der Waals surface area contributed by atoms with E-state index in [-0.39, 0.29) is 30.8 Å². The fraction of sp³-hybridized carbons (Fsp3) is 0.533. The van der Waals surface area contributed by atoms with Gasteiger partial charge in [0.1, 0.15) is 0 Å². The van der Waals surface area contributed by atoms with Crippen molar-refractivity contribution in [3.8, 4) is 5.75 Å². The van der Waals surface area contributed by atoms with E-state index in [9.17, 15) is 9.18 Å². The van der Waals surface area contributed by atoms with Crippen molar-refractivity contribution in [1.82, 2.24) is 5.32 Å². The average molecular weight is 283 g/mol. The molecule has 1 aromatic carbocycles. The third kappa shape index (κ3) is 7.09. The number of carbonyl (C=O) groups is 1. The second-order valence-corrected chi connectivity index (χ2v) is 4.65. The Bertz CT molecular complexity index is 410. The summed E-state index contributed by atoms with van der Waals surface area (Å²) in [6.07, 6.45) is 1.19. The van der Waals surface area contributed by atoms with E-state index in [1.54, 1.807) is 12.1 Å². The van der Waals surface area contributed by atoms with Crippen LogP contribution in [0, 0.1) is 5.82 Å². The Balaban J connectivity index is 2.07. The Morgan fingerprint density at radius 2 is 2.05 bits per heavy atom. The molecular formula is C15H22FNO3. The summed E-state index contributed by atoms with van der Waals surface area (Å²) in [5.74, 6) is -0.352. The molecule has 0 spiro atoms. The van der Waals surface area contributed by atoms with Gasteiger partial charge in [0.05, 0.1) is 19.1 Å². The van der Waals surface area contributed by atoms with E-state index in [0.29, 0.717) is 13.2 Å². The van der Waals surface area contributed by atoms with Crippen LogP contribution >= 0.6 is 0 Å². The number of rotatable bonds is 9. The Kier molecular flexibility index (Phi) is 7.65. The van der Waals surface area contributed by atoms with Gasteiger partial charge in [0.15, 0.2) is 11.6 Å². The molecule has 0 saturated carbocycles. The van der Waals surface area contributed by atoms with Crippen LogP contribution < -0.4 is 10.1 Å². The largest absolute Gasteiger partial charge is 0.490 e. The van der Waals surface area contributed by atoms with Crippen molar-refractivity contribution in [3.05, 3.63) is 30.1 Å². The molecule has 5 heteroatoms. The van der Waals surface area contributed by atoms with Crippen molar-refractivity contribution < 1.29 is 18.7 Å². The first-order valence-electron chi connectivity index (χ1n) is 6.85. The zero-order valence-corrected chi connectivity index (χ0v) is 12.0. The minimum Gasteiger partial charge on any atom is -0.490 e. The first-order valence-corrected chi connectivity index (χ1v) is 6.85. The maximum absolute atomic E-state index is 13.2. The molecule has 0 saturated heterocycles. The number of halogens is 1. The summed E-state index contributed by atoms with van der Waals surface area (Å²) in [5.41, 5.74) is 0. The van der Waals surface area contributed by atoms with E-state index in [1.165, 1.54) is 12.1 Å². The van der Waals surface area contributed by atoms with Crippen LogP contribution in [0.3, 0.4) is 0 Å². The van der Waals surface area contributed by atoms with E-state index in [1.807, 2.05) is 13.8 Å². The van der Waals surface area contributed by atoms with E-state index in [2.05, 4.69) is 5.32 Å².